The summed E-state index contributed by atoms with van der Waals surface area (Å²) < 4.78 is 7.45. The summed E-state index contributed by atoms with van der Waals surface area (Å²) in [6.07, 6.45) is 6.51. The Hall–Kier alpha value is -2.86. The summed E-state index contributed by atoms with van der Waals surface area (Å²) in [6, 6.07) is 9.84. The highest BCUT2D eigenvalue weighted by atomic mass is 16.5. The summed E-state index contributed by atoms with van der Waals surface area (Å²) >= 11 is 0. The molecule has 1 saturated carbocycles. The molecule has 2 bridgehead atoms. The largest absolute Gasteiger partial charge is 0.496 e. The Morgan fingerprint density at radius 1 is 1.08 bits per heavy atom. The van der Waals surface area contributed by atoms with E-state index in [1.54, 1.807) is 12.7 Å². The van der Waals surface area contributed by atoms with E-state index in [1.165, 1.54) is 30.0 Å². The van der Waals surface area contributed by atoms with Crippen LogP contribution in [0, 0.1) is 17.3 Å². The van der Waals surface area contributed by atoms with Gasteiger partial charge in [0.1, 0.15) is 11.3 Å². The lowest BCUT2D eigenvalue weighted by molar-refractivity contribution is -0.0106. The van der Waals surface area contributed by atoms with E-state index in [9.17, 15) is 9.59 Å². The van der Waals surface area contributed by atoms with Crippen molar-refractivity contribution in [2.45, 2.75) is 52.6 Å². The zero-order chi connectivity index (χ0) is 25.0. The third-order valence-electron chi connectivity index (χ3n) is 9.53. The second-order valence-electron chi connectivity index (χ2n) is 11.6. The molecule has 7 rings (SSSR count). The van der Waals surface area contributed by atoms with Gasteiger partial charge < -0.3 is 14.2 Å². The number of methoxy groups -OCH3 is 1. The molecule has 0 unspecified atom stereocenters. The standard InChI is InChI=1S/C30H37N3O3/c1-30(2)23-9-8-22(24(30)16-23)18-31-12-11-25-28(26(36-3)17-27(34)33(25)15-14-31)29(35)32-13-10-20-6-4-5-7-21(20)19-32/h4-8,17,23-24H,9-16,18-19H2,1-3H3/t23-,24-/m0/s1. The van der Waals surface area contributed by atoms with Crippen LogP contribution in [0.2, 0.25) is 0 Å². The van der Waals surface area contributed by atoms with Crippen LogP contribution in [-0.4, -0.2) is 53.6 Å². The molecule has 1 aromatic carbocycles. The summed E-state index contributed by atoms with van der Waals surface area (Å²) in [7, 11) is 1.56. The van der Waals surface area contributed by atoms with Gasteiger partial charge in [0.05, 0.1) is 7.11 Å². The number of hydrogen-bond donors (Lipinski definition) is 0. The van der Waals surface area contributed by atoms with E-state index < -0.39 is 0 Å². The molecule has 0 spiro atoms. The van der Waals surface area contributed by atoms with Crippen LogP contribution in [0.3, 0.4) is 0 Å². The van der Waals surface area contributed by atoms with E-state index >= 15 is 0 Å². The predicted octanol–water partition coefficient (Wildman–Crippen LogP) is 3.91. The van der Waals surface area contributed by atoms with Crippen molar-refractivity contribution in [3.63, 3.8) is 0 Å². The van der Waals surface area contributed by atoms with Gasteiger partial charge in [0.25, 0.3) is 11.5 Å². The first-order chi connectivity index (χ1) is 17.4. The molecule has 0 radical (unpaired) electrons. The fraction of sp³-hybridized carbons (Fsp3) is 0.533. The summed E-state index contributed by atoms with van der Waals surface area (Å²) in [5, 5.41) is 0. The monoisotopic (exact) mass is 487 g/mol. The summed E-state index contributed by atoms with van der Waals surface area (Å²) in [5.41, 5.74) is 5.81. The number of fused-ring (bicyclic) bond motifs is 3. The molecular formula is C30H37N3O3. The number of benzene rings is 1. The second kappa shape index (κ2) is 8.91. The number of carbonyl (C=O) groups excluding carboxylic acids is 1. The summed E-state index contributed by atoms with van der Waals surface area (Å²) in [6.45, 7) is 9.32. The number of ether oxygens (including phenoxy) is 1. The molecule has 6 nitrogen and oxygen atoms in total. The minimum atomic E-state index is -0.0795. The van der Waals surface area contributed by atoms with Crippen molar-refractivity contribution >= 4 is 5.91 Å². The zero-order valence-electron chi connectivity index (χ0n) is 21.8. The predicted molar refractivity (Wildman–Crippen MR) is 140 cm³/mol. The number of amides is 1. The van der Waals surface area contributed by atoms with E-state index in [0.717, 1.165) is 37.7 Å². The SMILES string of the molecule is COc1cc(=O)n2c(c1C(=O)N1CCc3ccccc3C1)CCN(CC1=CC[C@H]3C[C@@H]1C3(C)C)CC2. The molecule has 0 N–H and O–H groups in total. The lowest BCUT2D eigenvalue weighted by atomic mass is 9.49. The smallest absolute Gasteiger partial charge is 0.259 e. The highest BCUT2D eigenvalue weighted by molar-refractivity contribution is 5.98. The van der Waals surface area contributed by atoms with Gasteiger partial charge in [-0.3, -0.25) is 14.5 Å². The minimum absolute atomic E-state index is 0.0317. The molecule has 5 aliphatic rings. The first-order valence-electron chi connectivity index (χ1n) is 13.4. The zero-order valence-corrected chi connectivity index (χ0v) is 21.8. The number of pyridine rings is 1. The maximum absolute atomic E-state index is 13.9. The lowest BCUT2D eigenvalue weighted by Crippen LogP contribution is -2.50. The van der Waals surface area contributed by atoms with Crippen LogP contribution >= 0.6 is 0 Å². The molecule has 0 saturated heterocycles. The molecule has 3 aliphatic carbocycles. The Labute approximate surface area is 213 Å². The summed E-state index contributed by atoms with van der Waals surface area (Å²) in [5.74, 6) is 1.89. The van der Waals surface area contributed by atoms with Crippen molar-refractivity contribution in [2.75, 3.05) is 33.3 Å². The van der Waals surface area contributed by atoms with Gasteiger partial charge in [-0.15, -0.1) is 0 Å². The topological polar surface area (TPSA) is 54.8 Å². The van der Waals surface area contributed by atoms with Gasteiger partial charge in [0, 0.05) is 57.4 Å². The Morgan fingerprint density at radius 3 is 2.64 bits per heavy atom. The van der Waals surface area contributed by atoms with E-state index in [-0.39, 0.29) is 11.5 Å². The van der Waals surface area contributed by atoms with Crippen LogP contribution in [0.25, 0.3) is 0 Å². The van der Waals surface area contributed by atoms with E-state index in [4.69, 9.17) is 4.74 Å². The summed E-state index contributed by atoms with van der Waals surface area (Å²) in [4.78, 5) is 31.4. The average molecular weight is 488 g/mol. The van der Waals surface area contributed by atoms with Crippen molar-refractivity contribution in [3.8, 4) is 5.75 Å². The number of hydrogen-bond acceptors (Lipinski definition) is 4. The fourth-order valence-corrected chi connectivity index (χ4v) is 7.08. The molecule has 1 aromatic heterocycles. The van der Waals surface area contributed by atoms with Crippen LogP contribution in [0.15, 0.2) is 46.8 Å². The highest BCUT2D eigenvalue weighted by Gasteiger charge is 2.51. The van der Waals surface area contributed by atoms with Crippen molar-refractivity contribution in [2.24, 2.45) is 17.3 Å². The third-order valence-corrected chi connectivity index (χ3v) is 9.53. The van der Waals surface area contributed by atoms with Crippen LogP contribution < -0.4 is 10.3 Å². The van der Waals surface area contributed by atoms with E-state index in [0.29, 0.717) is 48.7 Å². The fourth-order valence-electron chi connectivity index (χ4n) is 7.08. The molecule has 2 aromatic rings. The Kier molecular flexibility index (Phi) is 5.83. The van der Waals surface area contributed by atoms with Crippen LogP contribution in [0.5, 0.6) is 5.75 Å². The number of carbonyl (C=O) groups is 1. The number of rotatable bonds is 4. The van der Waals surface area contributed by atoms with E-state index in [1.807, 2.05) is 15.5 Å². The van der Waals surface area contributed by atoms with Crippen molar-refractivity contribution in [1.29, 1.82) is 0 Å². The average Bonchev–Trinajstić information content (AvgIpc) is 3.11. The van der Waals surface area contributed by atoms with Crippen molar-refractivity contribution in [3.05, 3.63) is 74.7 Å². The third kappa shape index (κ3) is 3.81. The highest BCUT2D eigenvalue weighted by Crippen LogP contribution is 2.59. The maximum atomic E-state index is 13.9. The first kappa shape index (κ1) is 23.5. The minimum Gasteiger partial charge on any atom is -0.496 e. The molecule has 36 heavy (non-hydrogen) atoms. The number of nitrogens with zero attached hydrogens (tertiary/aromatic N) is 3. The first-order valence-corrected chi connectivity index (χ1v) is 13.4. The van der Waals surface area contributed by atoms with Gasteiger partial charge in [-0.05, 0) is 47.6 Å². The molecule has 2 aliphatic heterocycles. The van der Waals surface area contributed by atoms with Crippen LogP contribution in [0.1, 0.15) is 53.9 Å². The van der Waals surface area contributed by atoms with Gasteiger partial charge in [-0.2, -0.15) is 0 Å². The van der Waals surface area contributed by atoms with E-state index in [2.05, 4.69) is 43.0 Å². The van der Waals surface area contributed by atoms with Gasteiger partial charge in [-0.1, -0.05) is 49.8 Å². The molecule has 190 valence electrons. The Balaban J connectivity index is 1.26. The van der Waals surface area contributed by atoms with Crippen molar-refractivity contribution < 1.29 is 9.53 Å². The van der Waals surface area contributed by atoms with Crippen LogP contribution in [0.4, 0.5) is 0 Å². The van der Waals surface area contributed by atoms with Crippen LogP contribution in [-0.2, 0) is 25.9 Å². The second-order valence-corrected chi connectivity index (χ2v) is 11.6. The molecular weight excluding hydrogens is 450 g/mol. The quantitative estimate of drug-likeness (QED) is 0.614. The lowest BCUT2D eigenvalue weighted by Gasteiger charge is -2.57. The number of allylic oxidation sites excluding steroid dienone is 1. The maximum Gasteiger partial charge on any atom is 0.259 e. The molecule has 2 atom stereocenters. The van der Waals surface area contributed by atoms with Gasteiger partial charge >= 0.3 is 0 Å². The Morgan fingerprint density at radius 2 is 1.89 bits per heavy atom. The molecule has 6 heteroatoms. The van der Waals surface area contributed by atoms with Gasteiger partial charge in [-0.25, -0.2) is 0 Å². The number of aromatic nitrogens is 1. The van der Waals surface area contributed by atoms with Gasteiger partial charge in [0.2, 0.25) is 0 Å². The van der Waals surface area contributed by atoms with Crippen molar-refractivity contribution in [1.82, 2.24) is 14.4 Å². The normalized spacial score (nSPS) is 24.6. The molecule has 3 heterocycles. The molecule has 1 fully saturated rings. The van der Waals surface area contributed by atoms with Gasteiger partial charge in [0.15, 0.2) is 0 Å². The molecule has 1 amide bonds. The Bertz CT molecular complexity index is 1290.